The maximum atomic E-state index is 13.2. The average molecular weight is 293 g/mol. The van der Waals surface area contributed by atoms with Gasteiger partial charge in [0.15, 0.2) is 4.75 Å². The second-order valence-corrected chi connectivity index (χ2v) is 5.39. The number of thioether (sulfide) groups is 1. The molecule has 2 rings (SSSR count). The van der Waals surface area contributed by atoms with E-state index >= 15 is 0 Å². The van der Waals surface area contributed by atoms with Crippen molar-refractivity contribution in [1.82, 2.24) is 0 Å². The van der Waals surface area contributed by atoms with Crippen molar-refractivity contribution < 1.29 is 13.2 Å². The smallest absolute Gasteiger partial charge is 0.254 e. The highest BCUT2D eigenvalue weighted by Gasteiger charge is 2.55. The van der Waals surface area contributed by atoms with Crippen LogP contribution in [0.15, 0.2) is 45.2 Å². The van der Waals surface area contributed by atoms with Crippen molar-refractivity contribution >= 4 is 34.9 Å². The third-order valence-corrected chi connectivity index (χ3v) is 3.90. The molecule has 1 heterocycles. The minimum atomic E-state index is -4.45. The lowest BCUT2D eigenvalue weighted by Gasteiger charge is -2.31. The largest absolute Gasteiger partial charge is 0.410 e. The van der Waals surface area contributed by atoms with E-state index in [0.717, 1.165) is 6.21 Å². The number of amidine groups is 1. The number of halogens is 4. The van der Waals surface area contributed by atoms with Gasteiger partial charge in [-0.25, -0.2) is 4.99 Å². The van der Waals surface area contributed by atoms with Crippen LogP contribution in [-0.2, 0) is 0 Å². The van der Waals surface area contributed by atoms with E-state index < -0.39 is 17.5 Å². The molecule has 96 valence electrons. The molecule has 1 aromatic rings. The zero-order valence-corrected chi connectivity index (χ0v) is 10.6. The van der Waals surface area contributed by atoms with E-state index in [1.54, 1.807) is 30.3 Å². The first-order chi connectivity index (χ1) is 8.43. The first-order valence-corrected chi connectivity index (χ1v) is 6.18. The SMILES string of the molecule is FC(F)(F)C1(Sc2ccccc2)C=NC(Cl)=NC1. The standard InChI is InChI=1S/C11H8ClF3N2S/c12-9-16-6-10(7-17-9,11(13,14)15)18-8-4-2-1-3-5-8/h1-6H,7H2. The summed E-state index contributed by atoms with van der Waals surface area (Å²) in [6, 6.07) is 8.34. The lowest BCUT2D eigenvalue weighted by atomic mass is 10.1. The summed E-state index contributed by atoms with van der Waals surface area (Å²) in [6.07, 6.45) is -3.61. The van der Waals surface area contributed by atoms with Crippen LogP contribution < -0.4 is 0 Å². The molecule has 0 aliphatic carbocycles. The maximum Gasteiger partial charge on any atom is 0.410 e. The van der Waals surface area contributed by atoms with Crippen LogP contribution in [-0.4, -0.2) is 29.0 Å². The predicted molar refractivity (Wildman–Crippen MR) is 67.7 cm³/mol. The molecule has 0 saturated carbocycles. The molecule has 1 aliphatic heterocycles. The van der Waals surface area contributed by atoms with Gasteiger partial charge in [0.05, 0.1) is 6.54 Å². The van der Waals surface area contributed by atoms with Crippen LogP contribution in [0.4, 0.5) is 13.2 Å². The number of hydrogen-bond acceptors (Lipinski definition) is 3. The molecular formula is C11H8ClF3N2S. The molecule has 1 aromatic carbocycles. The summed E-state index contributed by atoms with van der Waals surface area (Å²) >= 11 is 6.15. The third-order valence-electron chi connectivity index (χ3n) is 2.35. The first kappa shape index (κ1) is 13.4. The van der Waals surface area contributed by atoms with Gasteiger partial charge < -0.3 is 0 Å². The highest BCUT2D eigenvalue weighted by atomic mass is 35.5. The third kappa shape index (κ3) is 2.70. The van der Waals surface area contributed by atoms with Crippen LogP contribution in [0.1, 0.15) is 0 Å². The predicted octanol–water partition coefficient (Wildman–Crippen LogP) is 3.76. The number of aliphatic imine (C=N–C) groups is 2. The van der Waals surface area contributed by atoms with Crippen LogP contribution in [0.2, 0.25) is 0 Å². The highest BCUT2D eigenvalue weighted by molar-refractivity contribution is 8.01. The zero-order chi connectivity index (χ0) is 13.2. The summed E-state index contributed by atoms with van der Waals surface area (Å²) < 4.78 is 37.4. The molecular weight excluding hydrogens is 285 g/mol. The molecule has 0 radical (unpaired) electrons. The van der Waals surface area contributed by atoms with E-state index in [4.69, 9.17) is 11.6 Å². The van der Waals surface area contributed by atoms with Crippen LogP contribution in [0, 0.1) is 0 Å². The van der Waals surface area contributed by atoms with E-state index in [0.29, 0.717) is 16.7 Å². The Kier molecular flexibility index (Phi) is 3.68. The van der Waals surface area contributed by atoms with E-state index in [-0.39, 0.29) is 5.29 Å². The van der Waals surface area contributed by atoms with Crippen molar-refractivity contribution in [2.75, 3.05) is 6.54 Å². The Hall–Kier alpha value is -1.01. The van der Waals surface area contributed by atoms with Crippen LogP contribution >= 0.6 is 23.4 Å². The van der Waals surface area contributed by atoms with Gasteiger partial charge in [-0.15, -0.1) is 11.8 Å². The lowest BCUT2D eigenvalue weighted by molar-refractivity contribution is -0.139. The van der Waals surface area contributed by atoms with Gasteiger partial charge in [0.1, 0.15) is 0 Å². The molecule has 0 bridgehead atoms. The van der Waals surface area contributed by atoms with Crippen molar-refractivity contribution in [2.24, 2.45) is 9.98 Å². The summed E-state index contributed by atoms with van der Waals surface area (Å²) in [5.74, 6) is 0. The Bertz CT molecular complexity index is 487. The van der Waals surface area contributed by atoms with E-state index in [2.05, 4.69) is 9.98 Å². The number of benzene rings is 1. The van der Waals surface area contributed by atoms with Crippen molar-refractivity contribution in [2.45, 2.75) is 15.8 Å². The maximum absolute atomic E-state index is 13.2. The molecule has 1 atom stereocenters. The molecule has 0 saturated heterocycles. The Morgan fingerprint density at radius 1 is 1.22 bits per heavy atom. The van der Waals surface area contributed by atoms with Crippen LogP contribution in [0.5, 0.6) is 0 Å². The number of rotatable bonds is 2. The average Bonchev–Trinajstić information content (AvgIpc) is 2.32. The summed E-state index contributed by atoms with van der Waals surface area (Å²) in [4.78, 5) is 7.59. The molecule has 18 heavy (non-hydrogen) atoms. The second-order valence-electron chi connectivity index (χ2n) is 3.65. The van der Waals surface area contributed by atoms with Gasteiger partial charge >= 0.3 is 6.18 Å². The fourth-order valence-electron chi connectivity index (χ4n) is 1.40. The second kappa shape index (κ2) is 4.93. The fourth-order valence-corrected chi connectivity index (χ4v) is 2.57. The normalized spacial score (nSPS) is 23.9. The quantitative estimate of drug-likeness (QED) is 0.762. The molecule has 0 N–H and O–H groups in total. The summed E-state index contributed by atoms with van der Waals surface area (Å²) in [5.41, 5.74) is 0. The van der Waals surface area contributed by atoms with Gasteiger partial charge in [0, 0.05) is 11.1 Å². The van der Waals surface area contributed by atoms with Gasteiger partial charge in [-0.1, -0.05) is 18.2 Å². The Morgan fingerprint density at radius 2 is 1.89 bits per heavy atom. The Morgan fingerprint density at radius 3 is 2.39 bits per heavy atom. The molecule has 1 unspecified atom stereocenters. The van der Waals surface area contributed by atoms with E-state index in [1.807, 2.05) is 0 Å². The fraction of sp³-hybridized carbons (Fsp3) is 0.273. The van der Waals surface area contributed by atoms with Gasteiger partial charge in [-0.2, -0.15) is 13.2 Å². The molecule has 0 amide bonds. The van der Waals surface area contributed by atoms with Gasteiger partial charge in [0.2, 0.25) is 5.29 Å². The van der Waals surface area contributed by atoms with Gasteiger partial charge in [-0.3, -0.25) is 4.99 Å². The molecule has 7 heteroatoms. The van der Waals surface area contributed by atoms with E-state index in [1.165, 1.54) is 0 Å². The topological polar surface area (TPSA) is 24.7 Å². The number of nitrogens with zero attached hydrogens (tertiary/aromatic N) is 2. The minimum Gasteiger partial charge on any atom is -0.254 e. The monoisotopic (exact) mass is 292 g/mol. The van der Waals surface area contributed by atoms with Crippen LogP contribution in [0.3, 0.4) is 0 Å². The molecule has 0 fully saturated rings. The van der Waals surface area contributed by atoms with Crippen molar-refractivity contribution in [3.05, 3.63) is 30.3 Å². The summed E-state index contributed by atoms with van der Waals surface area (Å²) in [5, 5.41) is -0.150. The van der Waals surface area contributed by atoms with Crippen molar-refractivity contribution in [3.8, 4) is 0 Å². The van der Waals surface area contributed by atoms with E-state index in [9.17, 15) is 13.2 Å². The molecule has 0 aromatic heterocycles. The Labute approximate surface area is 111 Å². The summed E-state index contributed by atoms with van der Waals surface area (Å²) in [7, 11) is 0. The van der Waals surface area contributed by atoms with Crippen LogP contribution in [0.25, 0.3) is 0 Å². The van der Waals surface area contributed by atoms with Gasteiger partial charge in [-0.05, 0) is 23.7 Å². The number of alkyl halides is 3. The Balaban J connectivity index is 2.31. The van der Waals surface area contributed by atoms with Crippen molar-refractivity contribution in [3.63, 3.8) is 0 Å². The van der Waals surface area contributed by atoms with Gasteiger partial charge in [0.25, 0.3) is 0 Å². The highest BCUT2D eigenvalue weighted by Crippen LogP contribution is 2.45. The number of hydrogen-bond donors (Lipinski definition) is 0. The minimum absolute atomic E-state index is 0.150. The molecule has 0 spiro atoms. The first-order valence-electron chi connectivity index (χ1n) is 4.99. The molecule has 1 aliphatic rings. The summed E-state index contributed by atoms with van der Waals surface area (Å²) in [6.45, 7) is -0.460. The van der Waals surface area contributed by atoms with Crippen molar-refractivity contribution in [1.29, 1.82) is 0 Å². The zero-order valence-electron chi connectivity index (χ0n) is 8.99. The molecule has 2 nitrogen and oxygen atoms in total. The lowest BCUT2D eigenvalue weighted by Crippen LogP contribution is -2.48.